The molecule has 1 heterocycles. The van der Waals surface area contributed by atoms with Gasteiger partial charge < -0.3 is 5.32 Å². The molecule has 2 aromatic rings. The minimum atomic E-state index is -3.53. The minimum absolute atomic E-state index is 0.128. The summed E-state index contributed by atoms with van der Waals surface area (Å²) in [5.41, 5.74) is 1.70. The van der Waals surface area contributed by atoms with Crippen molar-refractivity contribution >= 4 is 21.6 Å². The predicted molar refractivity (Wildman–Crippen MR) is 112 cm³/mol. The van der Waals surface area contributed by atoms with Gasteiger partial charge in [-0.3, -0.25) is 4.79 Å². The van der Waals surface area contributed by atoms with E-state index in [0.717, 1.165) is 18.4 Å². The number of aryl methyl sites for hydroxylation is 2. The van der Waals surface area contributed by atoms with E-state index >= 15 is 0 Å². The maximum atomic E-state index is 13.6. The Morgan fingerprint density at radius 3 is 2.66 bits per heavy atom. The molecule has 7 heteroatoms. The second-order valence-corrected chi connectivity index (χ2v) is 9.59. The lowest BCUT2D eigenvalue weighted by Crippen LogP contribution is -2.40. The number of halogens is 1. The monoisotopic (exact) mass is 418 g/mol. The zero-order chi connectivity index (χ0) is 21.0. The van der Waals surface area contributed by atoms with E-state index in [2.05, 4.69) is 5.32 Å². The molecule has 1 aliphatic rings. The summed E-state index contributed by atoms with van der Waals surface area (Å²) in [6.07, 6.45) is 2.55. The van der Waals surface area contributed by atoms with Crippen molar-refractivity contribution in [3.8, 4) is 0 Å². The smallest absolute Gasteiger partial charge is 0.243 e. The number of piperidine rings is 1. The number of anilines is 1. The van der Waals surface area contributed by atoms with Crippen LogP contribution in [0.15, 0.2) is 47.4 Å². The Balaban J connectivity index is 1.57. The van der Waals surface area contributed by atoms with Crippen LogP contribution < -0.4 is 5.32 Å². The summed E-state index contributed by atoms with van der Waals surface area (Å²) in [6, 6.07) is 11.6. The summed E-state index contributed by atoms with van der Waals surface area (Å²) in [4.78, 5) is 12.6. The lowest BCUT2D eigenvalue weighted by Gasteiger charge is -2.32. The number of nitrogens with one attached hydrogen (secondary N) is 1. The Bertz CT molecular complexity index is 991. The molecular weight excluding hydrogens is 391 g/mol. The quantitative estimate of drug-likeness (QED) is 0.762. The zero-order valence-electron chi connectivity index (χ0n) is 16.8. The first-order valence-electron chi connectivity index (χ1n) is 9.89. The Hall–Kier alpha value is -2.25. The lowest BCUT2D eigenvalue weighted by molar-refractivity contribution is -0.116. The molecule has 1 amide bonds. The molecule has 1 aliphatic heterocycles. The summed E-state index contributed by atoms with van der Waals surface area (Å²) < 4.78 is 41.2. The van der Waals surface area contributed by atoms with Gasteiger partial charge in [0.2, 0.25) is 15.9 Å². The largest absolute Gasteiger partial charge is 0.326 e. The zero-order valence-corrected chi connectivity index (χ0v) is 17.6. The van der Waals surface area contributed by atoms with Gasteiger partial charge in [-0.1, -0.05) is 24.3 Å². The van der Waals surface area contributed by atoms with Crippen LogP contribution in [-0.4, -0.2) is 31.7 Å². The van der Waals surface area contributed by atoms with E-state index in [1.807, 2.05) is 6.07 Å². The molecule has 0 radical (unpaired) electrons. The van der Waals surface area contributed by atoms with E-state index < -0.39 is 10.0 Å². The number of hydrogen-bond acceptors (Lipinski definition) is 3. The first-order chi connectivity index (χ1) is 13.8. The number of amides is 1. The van der Waals surface area contributed by atoms with E-state index in [0.29, 0.717) is 35.7 Å². The van der Waals surface area contributed by atoms with E-state index in [-0.39, 0.29) is 24.1 Å². The number of sulfonamides is 1. The molecule has 5 nitrogen and oxygen atoms in total. The molecule has 0 spiro atoms. The van der Waals surface area contributed by atoms with Crippen molar-refractivity contribution < 1.29 is 17.6 Å². The van der Waals surface area contributed by atoms with Crippen LogP contribution in [0.5, 0.6) is 0 Å². The standard InChI is InChI=1S/C22H27FN2O3S/c1-16-9-11-19(14-20(16)23)24-22(26)12-10-18-7-5-13-25(15-18)29(27,28)21-8-4-3-6-17(21)2/h3-4,6,8-9,11,14,18H,5,7,10,12-13,15H2,1-2H3,(H,24,26). The number of nitrogens with zero attached hydrogens (tertiary/aromatic N) is 1. The van der Waals surface area contributed by atoms with Gasteiger partial charge in [-0.25, -0.2) is 12.8 Å². The molecule has 0 bridgehead atoms. The van der Waals surface area contributed by atoms with Crippen LogP contribution in [0.4, 0.5) is 10.1 Å². The van der Waals surface area contributed by atoms with Crippen molar-refractivity contribution in [3.05, 3.63) is 59.4 Å². The first-order valence-corrected chi connectivity index (χ1v) is 11.3. The number of carbonyl (C=O) groups excluding carboxylic acids is 1. The predicted octanol–water partition coefficient (Wildman–Crippen LogP) is 4.26. The van der Waals surface area contributed by atoms with Gasteiger partial charge in [0, 0.05) is 25.2 Å². The molecule has 1 saturated heterocycles. The second-order valence-electron chi connectivity index (χ2n) is 7.69. The second kappa shape index (κ2) is 9.05. The summed E-state index contributed by atoms with van der Waals surface area (Å²) in [5, 5.41) is 2.71. The normalized spacial score (nSPS) is 17.8. The van der Waals surface area contributed by atoms with Crippen LogP contribution in [0.1, 0.15) is 36.8 Å². The van der Waals surface area contributed by atoms with Crippen LogP contribution in [0.25, 0.3) is 0 Å². The number of carbonyl (C=O) groups is 1. The maximum absolute atomic E-state index is 13.6. The molecule has 156 valence electrons. The molecule has 0 saturated carbocycles. The Morgan fingerprint density at radius 2 is 1.93 bits per heavy atom. The van der Waals surface area contributed by atoms with Gasteiger partial charge in [0.25, 0.3) is 0 Å². The summed E-state index contributed by atoms with van der Waals surface area (Å²) in [7, 11) is -3.53. The number of hydrogen-bond donors (Lipinski definition) is 1. The third kappa shape index (κ3) is 5.22. The van der Waals surface area contributed by atoms with Gasteiger partial charge >= 0.3 is 0 Å². The van der Waals surface area contributed by atoms with E-state index in [4.69, 9.17) is 0 Å². The van der Waals surface area contributed by atoms with Gasteiger partial charge in [0.1, 0.15) is 5.82 Å². The van der Waals surface area contributed by atoms with Gasteiger partial charge in [-0.2, -0.15) is 4.31 Å². The fourth-order valence-corrected chi connectivity index (χ4v) is 5.48. The van der Waals surface area contributed by atoms with Crippen molar-refractivity contribution in [1.29, 1.82) is 0 Å². The van der Waals surface area contributed by atoms with Crippen molar-refractivity contribution in [2.24, 2.45) is 5.92 Å². The topological polar surface area (TPSA) is 66.5 Å². The van der Waals surface area contributed by atoms with E-state index in [1.165, 1.54) is 10.4 Å². The maximum Gasteiger partial charge on any atom is 0.243 e. The molecule has 1 fully saturated rings. The van der Waals surface area contributed by atoms with Crippen molar-refractivity contribution in [1.82, 2.24) is 4.31 Å². The fourth-order valence-electron chi connectivity index (χ4n) is 3.70. The minimum Gasteiger partial charge on any atom is -0.326 e. The Kier molecular flexibility index (Phi) is 6.70. The van der Waals surface area contributed by atoms with Gasteiger partial charge in [0.15, 0.2) is 0 Å². The third-order valence-electron chi connectivity index (χ3n) is 5.43. The van der Waals surface area contributed by atoms with Crippen molar-refractivity contribution in [2.75, 3.05) is 18.4 Å². The molecule has 0 aliphatic carbocycles. The van der Waals surface area contributed by atoms with Crippen LogP contribution in [0, 0.1) is 25.6 Å². The number of benzene rings is 2. The molecule has 0 aromatic heterocycles. The summed E-state index contributed by atoms with van der Waals surface area (Å²) in [5.74, 6) is -0.415. The Morgan fingerprint density at radius 1 is 1.17 bits per heavy atom. The molecule has 2 aromatic carbocycles. The number of rotatable bonds is 6. The van der Waals surface area contributed by atoms with Gasteiger partial charge in [-0.05, 0) is 68.4 Å². The first kappa shape index (κ1) is 21.5. The molecule has 3 rings (SSSR count). The van der Waals surface area contributed by atoms with Crippen LogP contribution >= 0.6 is 0 Å². The third-order valence-corrected chi connectivity index (χ3v) is 7.45. The Labute approximate surface area is 172 Å². The molecule has 29 heavy (non-hydrogen) atoms. The van der Waals surface area contributed by atoms with Crippen LogP contribution in [-0.2, 0) is 14.8 Å². The highest BCUT2D eigenvalue weighted by molar-refractivity contribution is 7.89. The van der Waals surface area contributed by atoms with Crippen LogP contribution in [0.3, 0.4) is 0 Å². The fraction of sp³-hybridized carbons (Fsp3) is 0.409. The van der Waals surface area contributed by atoms with Crippen LogP contribution in [0.2, 0.25) is 0 Å². The molecular formula is C22H27FN2O3S. The van der Waals surface area contributed by atoms with E-state index in [1.54, 1.807) is 44.2 Å². The van der Waals surface area contributed by atoms with Crippen molar-refractivity contribution in [2.45, 2.75) is 44.4 Å². The van der Waals surface area contributed by atoms with Gasteiger partial charge in [-0.15, -0.1) is 0 Å². The summed E-state index contributed by atoms with van der Waals surface area (Å²) >= 11 is 0. The van der Waals surface area contributed by atoms with Gasteiger partial charge in [0.05, 0.1) is 4.90 Å². The highest BCUT2D eigenvalue weighted by Gasteiger charge is 2.31. The molecule has 1 N–H and O–H groups in total. The average Bonchev–Trinajstić information content (AvgIpc) is 2.70. The highest BCUT2D eigenvalue weighted by atomic mass is 32.2. The molecule has 1 atom stereocenters. The van der Waals surface area contributed by atoms with Crippen molar-refractivity contribution in [3.63, 3.8) is 0 Å². The summed E-state index contributed by atoms with van der Waals surface area (Å²) in [6.45, 7) is 4.39. The molecule has 1 unspecified atom stereocenters. The SMILES string of the molecule is Cc1ccc(NC(=O)CCC2CCCN(S(=O)(=O)c3ccccc3C)C2)cc1F. The highest BCUT2D eigenvalue weighted by Crippen LogP contribution is 2.27. The lowest BCUT2D eigenvalue weighted by atomic mass is 9.94. The van der Waals surface area contributed by atoms with E-state index in [9.17, 15) is 17.6 Å². The average molecular weight is 419 g/mol.